The zero-order chi connectivity index (χ0) is 17.5. The second-order valence-corrected chi connectivity index (χ2v) is 7.46. The fourth-order valence-corrected chi connectivity index (χ4v) is 4.49. The molecule has 1 saturated heterocycles. The summed E-state index contributed by atoms with van der Waals surface area (Å²) < 4.78 is 7.80. The smallest absolute Gasteiger partial charge is 0.129 e. The summed E-state index contributed by atoms with van der Waals surface area (Å²) in [5, 5.41) is 2.29. The van der Waals surface area contributed by atoms with E-state index in [0.29, 0.717) is 0 Å². The van der Waals surface area contributed by atoms with Crippen LogP contribution < -0.4 is 5.01 Å². The Bertz CT molecular complexity index is 969. The molecule has 0 aliphatic carbocycles. The summed E-state index contributed by atoms with van der Waals surface area (Å²) in [5.41, 5.74) is 6.46. The molecule has 0 spiro atoms. The highest BCUT2D eigenvalue weighted by Crippen LogP contribution is 2.32. The molecule has 134 valence electrons. The minimum absolute atomic E-state index is 0.769. The zero-order valence-corrected chi connectivity index (χ0v) is 15.6. The topological polar surface area (TPSA) is 46.4 Å². The maximum atomic E-state index is 5.54. The summed E-state index contributed by atoms with van der Waals surface area (Å²) >= 11 is 1.73. The minimum atomic E-state index is 0.769. The Morgan fingerprint density at radius 3 is 2.88 bits per heavy atom. The highest BCUT2D eigenvalue weighted by molar-refractivity contribution is 7.09. The van der Waals surface area contributed by atoms with E-state index in [2.05, 4.69) is 50.9 Å². The van der Waals surface area contributed by atoms with Gasteiger partial charge < -0.3 is 9.64 Å². The summed E-state index contributed by atoms with van der Waals surface area (Å²) in [4.78, 5) is 13.2. The number of thiazole rings is 1. The number of nitrogens with zero attached hydrogens (tertiary/aromatic N) is 5. The Labute approximate surface area is 156 Å². The van der Waals surface area contributed by atoms with E-state index in [1.165, 1.54) is 10.6 Å². The summed E-state index contributed by atoms with van der Waals surface area (Å²) in [7, 11) is 0. The van der Waals surface area contributed by atoms with E-state index < -0.39 is 0 Å². The molecule has 0 N–H and O–H groups in total. The van der Waals surface area contributed by atoms with Gasteiger partial charge in [0.25, 0.3) is 0 Å². The monoisotopic (exact) mass is 367 g/mol. The molecule has 2 aromatic heterocycles. The van der Waals surface area contributed by atoms with Crippen LogP contribution in [0.15, 0.2) is 36.0 Å². The van der Waals surface area contributed by atoms with E-state index in [-0.39, 0.29) is 0 Å². The Balaban J connectivity index is 1.64. The first-order valence-electron chi connectivity index (χ1n) is 9.05. The number of aromatic nitrogens is 3. The van der Waals surface area contributed by atoms with E-state index in [4.69, 9.17) is 9.72 Å². The zero-order valence-electron chi connectivity index (χ0n) is 14.8. The molecule has 0 atom stereocenters. The van der Waals surface area contributed by atoms with Crippen LogP contribution >= 0.6 is 11.3 Å². The van der Waals surface area contributed by atoms with Gasteiger partial charge in [-0.15, -0.1) is 11.3 Å². The van der Waals surface area contributed by atoms with Gasteiger partial charge in [0.2, 0.25) is 0 Å². The van der Waals surface area contributed by atoms with Crippen molar-refractivity contribution in [3.63, 3.8) is 0 Å². The van der Waals surface area contributed by atoms with Crippen molar-refractivity contribution in [2.24, 2.45) is 0 Å². The molecule has 0 amide bonds. The van der Waals surface area contributed by atoms with Gasteiger partial charge in [0.05, 0.1) is 46.9 Å². The van der Waals surface area contributed by atoms with Gasteiger partial charge in [-0.2, -0.15) is 0 Å². The largest absolute Gasteiger partial charge is 0.378 e. The van der Waals surface area contributed by atoms with Crippen LogP contribution in [0.3, 0.4) is 0 Å². The molecule has 26 heavy (non-hydrogen) atoms. The third kappa shape index (κ3) is 2.50. The molecule has 0 unspecified atom stereocenters. The SMILES string of the molecule is CCc1nc2ccccc2n1N1C=C(N2CCOCC2)c2ncsc2C1. The predicted octanol–water partition coefficient (Wildman–Crippen LogP) is 2.84. The van der Waals surface area contributed by atoms with Crippen LogP contribution in [0.2, 0.25) is 0 Å². The molecule has 0 bridgehead atoms. The lowest BCUT2D eigenvalue weighted by Gasteiger charge is -2.35. The number of fused-ring (bicyclic) bond motifs is 2. The quantitative estimate of drug-likeness (QED) is 0.712. The van der Waals surface area contributed by atoms with E-state index in [1.54, 1.807) is 11.3 Å². The third-order valence-electron chi connectivity index (χ3n) is 4.99. The summed E-state index contributed by atoms with van der Waals surface area (Å²) in [6.07, 6.45) is 3.13. The highest BCUT2D eigenvalue weighted by atomic mass is 32.1. The van der Waals surface area contributed by atoms with Crippen molar-refractivity contribution in [3.05, 3.63) is 52.4 Å². The highest BCUT2D eigenvalue weighted by Gasteiger charge is 2.27. The van der Waals surface area contributed by atoms with Crippen LogP contribution in [0.5, 0.6) is 0 Å². The summed E-state index contributed by atoms with van der Waals surface area (Å²) in [6, 6.07) is 8.35. The fourth-order valence-electron chi connectivity index (χ4n) is 3.73. The molecule has 3 aromatic rings. The maximum absolute atomic E-state index is 5.54. The Morgan fingerprint density at radius 1 is 1.19 bits per heavy atom. The molecule has 5 rings (SSSR count). The lowest BCUT2D eigenvalue weighted by Crippen LogP contribution is -2.39. The van der Waals surface area contributed by atoms with Gasteiger partial charge in [0.1, 0.15) is 11.5 Å². The molecule has 2 aliphatic heterocycles. The van der Waals surface area contributed by atoms with Gasteiger partial charge in [-0.1, -0.05) is 19.1 Å². The first-order valence-corrected chi connectivity index (χ1v) is 9.93. The number of rotatable bonds is 3. The van der Waals surface area contributed by atoms with Gasteiger partial charge in [0, 0.05) is 25.7 Å². The average molecular weight is 367 g/mol. The number of hydrogen-bond acceptors (Lipinski definition) is 6. The van der Waals surface area contributed by atoms with Crippen molar-refractivity contribution in [2.75, 3.05) is 31.3 Å². The minimum Gasteiger partial charge on any atom is -0.378 e. The Morgan fingerprint density at radius 2 is 2.04 bits per heavy atom. The lowest BCUT2D eigenvalue weighted by atomic mass is 10.2. The van der Waals surface area contributed by atoms with Gasteiger partial charge in [-0.3, -0.25) is 5.01 Å². The van der Waals surface area contributed by atoms with Crippen LogP contribution in [0.25, 0.3) is 16.7 Å². The fraction of sp³-hybridized carbons (Fsp3) is 0.368. The van der Waals surface area contributed by atoms with Crippen LogP contribution in [0.4, 0.5) is 0 Å². The summed E-state index contributed by atoms with van der Waals surface area (Å²) in [6.45, 7) is 6.33. The van der Waals surface area contributed by atoms with Crippen LogP contribution in [-0.2, 0) is 17.7 Å². The number of para-hydroxylation sites is 2. The number of imidazole rings is 1. The summed E-state index contributed by atoms with van der Waals surface area (Å²) in [5.74, 6) is 1.08. The molecular weight excluding hydrogens is 346 g/mol. The standard InChI is InChI=1S/C19H21N5OS/c1-2-18-21-14-5-3-4-6-15(14)24(18)23-11-16(22-7-9-25-10-8-22)19-17(12-23)26-13-20-19/h3-6,11,13H,2,7-10,12H2,1H3. The molecule has 1 aromatic carbocycles. The number of morpholine rings is 1. The normalized spacial score (nSPS) is 17.5. The van der Waals surface area contributed by atoms with E-state index >= 15 is 0 Å². The molecule has 4 heterocycles. The molecule has 6 nitrogen and oxygen atoms in total. The predicted molar refractivity (Wildman–Crippen MR) is 104 cm³/mol. The maximum Gasteiger partial charge on any atom is 0.129 e. The lowest BCUT2D eigenvalue weighted by molar-refractivity contribution is 0.0636. The van der Waals surface area contributed by atoms with Crippen LogP contribution in [0, 0.1) is 0 Å². The Hall–Kier alpha value is -2.38. The van der Waals surface area contributed by atoms with Crippen molar-refractivity contribution >= 4 is 28.1 Å². The first-order chi connectivity index (χ1) is 12.8. The average Bonchev–Trinajstić information content (AvgIpc) is 3.31. The number of ether oxygens (including phenoxy) is 1. The van der Waals surface area contributed by atoms with Crippen LogP contribution in [0.1, 0.15) is 23.3 Å². The van der Waals surface area contributed by atoms with E-state index in [0.717, 1.165) is 61.8 Å². The first kappa shape index (κ1) is 15.8. The second-order valence-electron chi connectivity index (χ2n) is 6.52. The third-order valence-corrected chi connectivity index (χ3v) is 5.81. The van der Waals surface area contributed by atoms with Gasteiger partial charge >= 0.3 is 0 Å². The van der Waals surface area contributed by atoms with Gasteiger partial charge in [-0.05, 0) is 12.1 Å². The van der Waals surface area contributed by atoms with Crippen LogP contribution in [-0.4, -0.2) is 45.8 Å². The molecule has 1 fully saturated rings. The second kappa shape index (κ2) is 6.41. The molecular formula is C19H21N5OS. The van der Waals surface area contributed by atoms with Crippen molar-refractivity contribution in [3.8, 4) is 0 Å². The van der Waals surface area contributed by atoms with Crippen molar-refractivity contribution in [2.45, 2.75) is 19.9 Å². The van der Waals surface area contributed by atoms with Crippen molar-refractivity contribution in [1.82, 2.24) is 19.5 Å². The van der Waals surface area contributed by atoms with Gasteiger partial charge in [0.15, 0.2) is 0 Å². The number of benzene rings is 1. The molecule has 0 radical (unpaired) electrons. The molecule has 0 saturated carbocycles. The number of aryl methyl sites for hydroxylation is 1. The number of hydrogen-bond donors (Lipinski definition) is 0. The molecule has 7 heteroatoms. The van der Waals surface area contributed by atoms with Crippen molar-refractivity contribution < 1.29 is 4.74 Å². The Kier molecular flexibility index (Phi) is 3.90. The molecule has 2 aliphatic rings. The van der Waals surface area contributed by atoms with Gasteiger partial charge in [-0.25, -0.2) is 14.6 Å². The van der Waals surface area contributed by atoms with Crippen molar-refractivity contribution in [1.29, 1.82) is 0 Å². The van der Waals surface area contributed by atoms with E-state index in [9.17, 15) is 0 Å². The van der Waals surface area contributed by atoms with E-state index in [1.807, 2.05) is 11.6 Å².